The first kappa shape index (κ1) is 16.4. The molecular weight excluding hydrogens is 333 g/mol. The van der Waals surface area contributed by atoms with Gasteiger partial charge in [0.1, 0.15) is 11.6 Å². The van der Waals surface area contributed by atoms with Crippen LogP contribution in [0.15, 0.2) is 42.6 Å². The van der Waals surface area contributed by atoms with Gasteiger partial charge in [0.05, 0.1) is 23.7 Å². The molecule has 8 heteroatoms. The van der Waals surface area contributed by atoms with Crippen molar-refractivity contribution >= 4 is 27.6 Å². The van der Waals surface area contributed by atoms with Gasteiger partial charge in [0.2, 0.25) is 5.91 Å². The zero-order valence-corrected chi connectivity index (χ0v) is 13.5. The summed E-state index contributed by atoms with van der Waals surface area (Å²) in [6.07, 6.45) is 4.78. The maximum atomic E-state index is 13.1. The minimum atomic E-state index is -3.04. The van der Waals surface area contributed by atoms with Crippen LogP contribution in [0.25, 0.3) is 6.08 Å². The van der Waals surface area contributed by atoms with E-state index >= 15 is 0 Å². The first-order valence-electron chi connectivity index (χ1n) is 7.41. The van der Waals surface area contributed by atoms with Crippen molar-refractivity contribution in [2.75, 3.05) is 16.8 Å². The summed E-state index contributed by atoms with van der Waals surface area (Å²) in [5.74, 6) is -0.188. The summed E-state index contributed by atoms with van der Waals surface area (Å²) in [7, 11) is -3.04. The second-order valence-corrected chi connectivity index (χ2v) is 7.82. The number of nitrogens with zero attached hydrogens (tertiary/aromatic N) is 2. The predicted octanol–water partition coefficient (Wildman–Crippen LogP) is 2.03. The lowest BCUT2D eigenvalue weighted by Gasteiger charge is -2.12. The number of hydrogen-bond acceptors (Lipinski definition) is 4. The molecule has 0 aliphatic carbocycles. The number of sulfone groups is 1. The third-order valence-electron chi connectivity index (χ3n) is 3.75. The van der Waals surface area contributed by atoms with Gasteiger partial charge in [0.25, 0.3) is 0 Å². The van der Waals surface area contributed by atoms with Crippen LogP contribution in [0.2, 0.25) is 0 Å². The van der Waals surface area contributed by atoms with Crippen molar-refractivity contribution in [2.45, 2.75) is 12.5 Å². The quantitative estimate of drug-likeness (QED) is 0.857. The van der Waals surface area contributed by atoms with Crippen LogP contribution >= 0.6 is 0 Å². The van der Waals surface area contributed by atoms with Gasteiger partial charge in [-0.05, 0) is 30.2 Å². The number of carbonyl (C=O) groups excluding carboxylic acids is 1. The first-order chi connectivity index (χ1) is 11.4. The van der Waals surface area contributed by atoms with Gasteiger partial charge in [-0.1, -0.05) is 12.1 Å². The fourth-order valence-electron chi connectivity index (χ4n) is 2.62. The lowest BCUT2D eigenvalue weighted by molar-refractivity contribution is -0.111. The van der Waals surface area contributed by atoms with Crippen LogP contribution in [0.4, 0.5) is 10.2 Å². The van der Waals surface area contributed by atoms with Crippen molar-refractivity contribution in [3.05, 3.63) is 54.0 Å². The second kappa shape index (κ2) is 6.56. The highest BCUT2D eigenvalue weighted by atomic mass is 32.2. The largest absolute Gasteiger partial charge is 0.307 e. The molecule has 1 aromatic carbocycles. The molecular formula is C16H16FN3O3S. The minimum absolute atomic E-state index is 0.0245. The summed E-state index contributed by atoms with van der Waals surface area (Å²) < 4.78 is 37.8. The number of amides is 1. The van der Waals surface area contributed by atoms with Crippen molar-refractivity contribution in [1.82, 2.24) is 9.78 Å². The SMILES string of the molecule is O=C(/C=C\c1cccc(F)c1)Nc1ccnn1[C@H]1CCS(=O)(=O)C1. The molecule has 0 radical (unpaired) electrons. The zero-order valence-electron chi connectivity index (χ0n) is 12.7. The van der Waals surface area contributed by atoms with Crippen LogP contribution in [0.1, 0.15) is 18.0 Å². The molecule has 24 heavy (non-hydrogen) atoms. The van der Waals surface area contributed by atoms with Gasteiger partial charge in [-0.15, -0.1) is 0 Å². The van der Waals surface area contributed by atoms with Crippen molar-refractivity contribution in [3.8, 4) is 0 Å². The summed E-state index contributed by atoms with van der Waals surface area (Å²) in [6.45, 7) is 0. The molecule has 6 nitrogen and oxygen atoms in total. The average molecular weight is 349 g/mol. The Kier molecular flexibility index (Phi) is 4.48. The maximum absolute atomic E-state index is 13.1. The van der Waals surface area contributed by atoms with Crippen molar-refractivity contribution in [3.63, 3.8) is 0 Å². The molecule has 1 amide bonds. The zero-order chi connectivity index (χ0) is 17.2. The van der Waals surface area contributed by atoms with Crippen molar-refractivity contribution in [1.29, 1.82) is 0 Å². The molecule has 1 fully saturated rings. The Morgan fingerprint density at radius 1 is 1.38 bits per heavy atom. The van der Waals surface area contributed by atoms with Crippen LogP contribution in [-0.4, -0.2) is 35.6 Å². The Balaban J connectivity index is 1.69. The van der Waals surface area contributed by atoms with E-state index < -0.39 is 15.7 Å². The van der Waals surface area contributed by atoms with Gasteiger partial charge in [-0.25, -0.2) is 17.5 Å². The third kappa shape index (κ3) is 3.88. The van der Waals surface area contributed by atoms with E-state index in [0.29, 0.717) is 17.8 Å². The van der Waals surface area contributed by atoms with E-state index in [9.17, 15) is 17.6 Å². The molecule has 1 N–H and O–H groups in total. The standard InChI is InChI=1S/C16H16FN3O3S/c17-13-3-1-2-12(10-13)4-5-16(21)19-15-6-8-18-20(15)14-7-9-24(22,23)11-14/h1-6,8,10,14H,7,9,11H2,(H,19,21)/b5-4-/t14-/m0/s1. The first-order valence-corrected chi connectivity index (χ1v) is 9.24. The fraction of sp³-hybridized carbons (Fsp3) is 0.250. The Hall–Kier alpha value is -2.48. The number of hydrogen-bond donors (Lipinski definition) is 1. The van der Waals surface area contributed by atoms with Crippen molar-refractivity contribution < 1.29 is 17.6 Å². The number of anilines is 1. The molecule has 2 aromatic rings. The average Bonchev–Trinajstić information content (AvgIpc) is 3.11. The lowest BCUT2D eigenvalue weighted by Crippen LogP contribution is -2.18. The van der Waals surface area contributed by atoms with Crippen LogP contribution < -0.4 is 5.32 Å². The number of halogens is 1. The summed E-state index contributed by atoms with van der Waals surface area (Å²) in [4.78, 5) is 12.0. The van der Waals surface area contributed by atoms with Gasteiger partial charge in [0.15, 0.2) is 9.84 Å². The topological polar surface area (TPSA) is 81.1 Å². The number of benzene rings is 1. The fourth-order valence-corrected chi connectivity index (χ4v) is 4.31. The minimum Gasteiger partial charge on any atom is -0.307 e. The molecule has 1 atom stereocenters. The smallest absolute Gasteiger partial charge is 0.249 e. The van der Waals surface area contributed by atoms with Gasteiger partial charge in [-0.3, -0.25) is 4.79 Å². The van der Waals surface area contributed by atoms with E-state index in [4.69, 9.17) is 0 Å². The number of carbonyl (C=O) groups is 1. The van der Waals surface area contributed by atoms with Crippen LogP contribution in [0.5, 0.6) is 0 Å². The Labute approximate surface area is 138 Å². The Morgan fingerprint density at radius 2 is 2.21 bits per heavy atom. The van der Waals surface area contributed by atoms with E-state index in [1.165, 1.54) is 35.2 Å². The molecule has 1 aromatic heterocycles. The van der Waals surface area contributed by atoms with Crippen LogP contribution in [0.3, 0.4) is 0 Å². The molecule has 1 aliphatic rings. The van der Waals surface area contributed by atoms with E-state index in [2.05, 4.69) is 10.4 Å². The molecule has 2 heterocycles. The lowest BCUT2D eigenvalue weighted by atomic mass is 10.2. The molecule has 1 saturated heterocycles. The molecule has 1 aliphatic heterocycles. The monoisotopic (exact) mass is 349 g/mol. The molecule has 3 rings (SSSR count). The van der Waals surface area contributed by atoms with Gasteiger partial charge >= 0.3 is 0 Å². The second-order valence-electron chi connectivity index (χ2n) is 5.60. The summed E-state index contributed by atoms with van der Waals surface area (Å²) in [6, 6.07) is 7.22. The maximum Gasteiger partial charge on any atom is 0.249 e. The Bertz CT molecular complexity index is 889. The normalized spacial score (nSPS) is 19.6. The molecule has 0 bridgehead atoms. The van der Waals surface area contributed by atoms with E-state index in [0.717, 1.165) is 0 Å². The highest BCUT2D eigenvalue weighted by molar-refractivity contribution is 7.91. The molecule has 0 saturated carbocycles. The van der Waals surface area contributed by atoms with E-state index in [-0.39, 0.29) is 23.4 Å². The highest BCUT2D eigenvalue weighted by Crippen LogP contribution is 2.26. The summed E-state index contributed by atoms with van der Waals surface area (Å²) in [5.41, 5.74) is 0.570. The Morgan fingerprint density at radius 3 is 2.92 bits per heavy atom. The van der Waals surface area contributed by atoms with Gasteiger partial charge in [0, 0.05) is 12.1 Å². The number of rotatable bonds is 4. The van der Waals surface area contributed by atoms with Gasteiger partial charge < -0.3 is 5.32 Å². The predicted molar refractivity (Wildman–Crippen MR) is 88.6 cm³/mol. The van der Waals surface area contributed by atoms with E-state index in [1.54, 1.807) is 18.2 Å². The van der Waals surface area contributed by atoms with Crippen LogP contribution in [0, 0.1) is 5.82 Å². The summed E-state index contributed by atoms with van der Waals surface area (Å²) in [5, 5.41) is 6.78. The molecule has 0 unspecified atom stereocenters. The van der Waals surface area contributed by atoms with Gasteiger partial charge in [-0.2, -0.15) is 5.10 Å². The van der Waals surface area contributed by atoms with E-state index in [1.807, 2.05) is 0 Å². The third-order valence-corrected chi connectivity index (χ3v) is 5.50. The van der Waals surface area contributed by atoms with Crippen LogP contribution in [-0.2, 0) is 14.6 Å². The highest BCUT2D eigenvalue weighted by Gasteiger charge is 2.30. The molecule has 0 spiro atoms. The number of nitrogens with one attached hydrogen (secondary N) is 1. The molecule has 126 valence electrons. The number of aromatic nitrogens is 2. The summed E-state index contributed by atoms with van der Waals surface area (Å²) >= 11 is 0. The van der Waals surface area contributed by atoms with Crippen molar-refractivity contribution in [2.24, 2.45) is 0 Å².